The zero-order valence-corrected chi connectivity index (χ0v) is 17.5. The van der Waals surface area contributed by atoms with Crippen LogP contribution in [0.4, 0.5) is 0 Å². The Hall–Kier alpha value is -2.13. The molecule has 168 valence electrons. The van der Waals surface area contributed by atoms with E-state index in [1.807, 2.05) is 13.0 Å². The van der Waals surface area contributed by atoms with Gasteiger partial charge in [-0.3, -0.25) is 14.4 Å². The van der Waals surface area contributed by atoms with Crippen molar-refractivity contribution < 1.29 is 39.9 Å². The quantitative estimate of drug-likeness (QED) is 0.398. The molecule has 5 N–H and O–H groups in total. The van der Waals surface area contributed by atoms with Crippen molar-refractivity contribution in [1.29, 1.82) is 0 Å². The molecule has 8 nitrogen and oxygen atoms in total. The molecular formula is C23H28O8. The van der Waals surface area contributed by atoms with Crippen molar-refractivity contribution in [2.24, 2.45) is 22.7 Å². The number of Topliss-reactive ketones (excluding diaryl/α,β-unsaturated/α-hetero) is 1. The second-order valence-electron chi connectivity index (χ2n) is 9.77. The summed E-state index contributed by atoms with van der Waals surface area (Å²) in [7, 11) is 0. The topological polar surface area (TPSA) is 152 Å². The van der Waals surface area contributed by atoms with Crippen molar-refractivity contribution in [3.05, 3.63) is 35.5 Å². The van der Waals surface area contributed by atoms with Crippen LogP contribution in [-0.2, 0) is 14.4 Å². The van der Waals surface area contributed by atoms with Gasteiger partial charge in [-0.05, 0) is 37.3 Å². The summed E-state index contributed by atoms with van der Waals surface area (Å²) in [6, 6.07) is 0. The average molecular weight is 432 g/mol. The molecule has 8 heteroatoms. The molecule has 4 rings (SSSR count). The first-order chi connectivity index (χ1) is 14.4. The van der Waals surface area contributed by atoms with Crippen molar-refractivity contribution in [3.8, 4) is 0 Å². The molecule has 0 aliphatic heterocycles. The lowest BCUT2D eigenvalue weighted by molar-refractivity contribution is -0.181. The maximum Gasteiger partial charge on any atom is 0.306 e. The van der Waals surface area contributed by atoms with Crippen LogP contribution in [-0.4, -0.2) is 67.0 Å². The Kier molecular flexibility index (Phi) is 4.94. The molecule has 0 heterocycles. The summed E-state index contributed by atoms with van der Waals surface area (Å²) in [5.74, 6) is -3.24. The van der Waals surface area contributed by atoms with Crippen molar-refractivity contribution in [2.75, 3.05) is 0 Å². The summed E-state index contributed by atoms with van der Waals surface area (Å²) in [5.41, 5.74) is -2.81. The number of rotatable bonds is 4. The van der Waals surface area contributed by atoms with Gasteiger partial charge in [-0.1, -0.05) is 37.1 Å². The molecule has 0 amide bonds. The summed E-state index contributed by atoms with van der Waals surface area (Å²) in [4.78, 5) is 35.8. The number of aliphatic hydroxyl groups is 4. The fourth-order valence-electron chi connectivity index (χ4n) is 6.63. The third kappa shape index (κ3) is 2.85. The number of hydrogen-bond donors (Lipinski definition) is 5. The second-order valence-corrected chi connectivity index (χ2v) is 9.77. The van der Waals surface area contributed by atoms with Gasteiger partial charge in [-0.2, -0.15) is 0 Å². The third-order valence-corrected chi connectivity index (χ3v) is 8.17. The van der Waals surface area contributed by atoms with Crippen LogP contribution in [0.2, 0.25) is 0 Å². The van der Waals surface area contributed by atoms with E-state index in [1.54, 1.807) is 13.0 Å². The summed E-state index contributed by atoms with van der Waals surface area (Å²) >= 11 is 0. The van der Waals surface area contributed by atoms with Gasteiger partial charge in [0.05, 0.1) is 12.5 Å². The van der Waals surface area contributed by atoms with E-state index in [0.717, 1.165) is 5.57 Å². The van der Waals surface area contributed by atoms with Crippen LogP contribution < -0.4 is 0 Å². The van der Waals surface area contributed by atoms with Crippen LogP contribution in [0, 0.1) is 22.7 Å². The summed E-state index contributed by atoms with van der Waals surface area (Å²) in [6.45, 7) is 3.54. The molecular weight excluding hydrogens is 404 g/mol. The smallest absolute Gasteiger partial charge is 0.306 e. The Morgan fingerprint density at radius 2 is 1.94 bits per heavy atom. The zero-order valence-electron chi connectivity index (χ0n) is 17.5. The fourth-order valence-corrected chi connectivity index (χ4v) is 6.63. The lowest BCUT2D eigenvalue weighted by Gasteiger charge is -2.58. The highest BCUT2D eigenvalue weighted by atomic mass is 16.4. The van der Waals surface area contributed by atoms with Crippen LogP contribution in [0.15, 0.2) is 35.5 Å². The predicted octanol–water partition coefficient (Wildman–Crippen LogP) is 0.292. The van der Waals surface area contributed by atoms with Crippen LogP contribution in [0.25, 0.3) is 0 Å². The van der Waals surface area contributed by atoms with Gasteiger partial charge in [0.15, 0.2) is 17.2 Å². The molecule has 0 aromatic carbocycles. The number of carbonyl (C=O) groups is 3. The second kappa shape index (κ2) is 6.93. The van der Waals surface area contributed by atoms with E-state index >= 15 is 0 Å². The van der Waals surface area contributed by atoms with Crippen LogP contribution in [0.5, 0.6) is 0 Å². The van der Waals surface area contributed by atoms with Crippen molar-refractivity contribution >= 4 is 17.5 Å². The van der Waals surface area contributed by atoms with Crippen LogP contribution >= 0.6 is 0 Å². The van der Waals surface area contributed by atoms with Gasteiger partial charge >= 0.3 is 5.97 Å². The minimum atomic E-state index is -2.45. The maximum absolute atomic E-state index is 13.0. The van der Waals surface area contributed by atoms with Crippen LogP contribution in [0.3, 0.4) is 0 Å². The summed E-state index contributed by atoms with van der Waals surface area (Å²) in [6.07, 6.45) is 1.99. The standard InChI is InChI=1S/C23H28O8/c1-21-6-5-12(24)7-11(21)3-4-13-14-8-17(27)23(31,20(30)15(25)9-18(28)29)22(14,2)10-16(26)19(13)21/h5-8,13,15-17,19,25-27,31H,3-4,9-10H2,1-2H3,(H,28,29)/t13-,15?,16-,17+,19+,21-,22-,23-/m0/s1. The highest BCUT2D eigenvalue weighted by Crippen LogP contribution is 2.65. The summed E-state index contributed by atoms with van der Waals surface area (Å²) in [5, 5.41) is 52.5. The monoisotopic (exact) mass is 432 g/mol. The van der Waals surface area contributed by atoms with Gasteiger partial charge < -0.3 is 25.5 Å². The van der Waals surface area contributed by atoms with E-state index in [0.29, 0.717) is 18.4 Å². The lowest BCUT2D eigenvalue weighted by atomic mass is 9.47. The molecule has 0 aromatic heterocycles. The Balaban J connectivity index is 1.74. The molecule has 0 spiro atoms. The van der Waals surface area contributed by atoms with Gasteiger partial charge in [0.1, 0.15) is 12.2 Å². The van der Waals surface area contributed by atoms with Crippen molar-refractivity contribution in [3.63, 3.8) is 0 Å². The first-order valence-corrected chi connectivity index (χ1v) is 10.6. The molecule has 1 unspecified atom stereocenters. The Labute approximate surface area is 179 Å². The number of carbonyl (C=O) groups excluding carboxylic acids is 2. The molecule has 0 bridgehead atoms. The van der Waals surface area contributed by atoms with Gasteiger partial charge in [-0.15, -0.1) is 0 Å². The highest BCUT2D eigenvalue weighted by molar-refractivity contribution is 6.01. The normalized spacial score (nSPS) is 44.5. The number of carboxylic acid groups (broad SMARTS) is 1. The summed E-state index contributed by atoms with van der Waals surface area (Å²) < 4.78 is 0. The largest absolute Gasteiger partial charge is 0.481 e. The first kappa shape index (κ1) is 22.1. The van der Waals surface area contributed by atoms with Gasteiger partial charge in [-0.25, -0.2) is 0 Å². The fraction of sp³-hybridized carbons (Fsp3) is 0.609. The molecule has 0 radical (unpaired) electrons. The van der Waals surface area contributed by atoms with E-state index in [-0.39, 0.29) is 24.0 Å². The Morgan fingerprint density at radius 1 is 1.26 bits per heavy atom. The molecule has 8 atom stereocenters. The third-order valence-electron chi connectivity index (χ3n) is 8.17. The number of ketones is 2. The molecule has 0 aromatic rings. The minimum absolute atomic E-state index is 0.0518. The van der Waals surface area contributed by atoms with E-state index < -0.39 is 52.9 Å². The lowest BCUT2D eigenvalue weighted by Crippen LogP contribution is -2.64. The number of hydrogen-bond acceptors (Lipinski definition) is 7. The van der Waals surface area contributed by atoms with Crippen LogP contribution in [0.1, 0.15) is 39.5 Å². The highest BCUT2D eigenvalue weighted by Gasteiger charge is 2.68. The number of carboxylic acids is 1. The number of fused-ring (bicyclic) bond motifs is 5. The maximum atomic E-state index is 13.0. The van der Waals surface area contributed by atoms with E-state index in [9.17, 15) is 34.8 Å². The van der Waals surface area contributed by atoms with E-state index in [4.69, 9.17) is 5.11 Å². The molecule has 2 fully saturated rings. The molecule has 31 heavy (non-hydrogen) atoms. The Bertz CT molecular complexity index is 947. The average Bonchev–Trinajstić information content (AvgIpc) is 2.88. The van der Waals surface area contributed by atoms with Gasteiger partial charge in [0.25, 0.3) is 0 Å². The molecule has 4 aliphatic carbocycles. The van der Waals surface area contributed by atoms with Gasteiger partial charge in [0, 0.05) is 16.7 Å². The first-order valence-electron chi connectivity index (χ1n) is 10.6. The van der Waals surface area contributed by atoms with Crippen molar-refractivity contribution in [1.82, 2.24) is 0 Å². The van der Waals surface area contributed by atoms with Crippen molar-refractivity contribution in [2.45, 2.75) is 63.4 Å². The number of allylic oxidation sites excluding steroid dienone is 4. The van der Waals surface area contributed by atoms with Gasteiger partial charge in [0.2, 0.25) is 0 Å². The molecule has 4 aliphatic rings. The molecule has 2 saturated carbocycles. The minimum Gasteiger partial charge on any atom is -0.481 e. The Morgan fingerprint density at radius 3 is 2.58 bits per heavy atom. The predicted molar refractivity (Wildman–Crippen MR) is 108 cm³/mol. The molecule has 0 saturated heterocycles. The number of aliphatic hydroxyl groups excluding tert-OH is 3. The number of aliphatic carboxylic acids is 1. The van der Waals surface area contributed by atoms with E-state index in [1.165, 1.54) is 12.2 Å². The zero-order chi connectivity index (χ0) is 22.9. The SMILES string of the molecule is C[C@]12C=CC(=O)C=C1CC[C@H]1C3=C[C@@H](O)[C@](O)(C(=O)C(O)CC(=O)O)[C@@]3(C)C[C@H](O)[C@@H]12. The van der Waals surface area contributed by atoms with E-state index in [2.05, 4.69) is 0 Å².